The van der Waals surface area contributed by atoms with Crippen LogP contribution >= 0.6 is 11.3 Å². The number of aromatic nitrogens is 2. The molecule has 0 amide bonds. The van der Waals surface area contributed by atoms with Gasteiger partial charge in [-0.3, -0.25) is 4.79 Å². The molecule has 0 atom stereocenters. The van der Waals surface area contributed by atoms with Crippen molar-refractivity contribution in [3.8, 4) is 11.3 Å². The van der Waals surface area contributed by atoms with E-state index >= 15 is 0 Å². The Morgan fingerprint density at radius 2 is 1.93 bits per heavy atom. The molecule has 0 saturated heterocycles. The average Bonchev–Trinajstić information content (AvgIpc) is 3.47. The number of hydrogen-bond donors (Lipinski definition) is 0. The lowest BCUT2D eigenvalue weighted by molar-refractivity contribution is 0.0994. The number of nitrogens with zero attached hydrogens (tertiary/aromatic N) is 3. The van der Waals surface area contributed by atoms with Crippen LogP contribution in [0.4, 0.5) is 0 Å². The second-order valence-electron chi connectivity index (χ2n) is 7.69. The number of ketones is 1. The molecule has 0 fully saturated rings. The molecule has 5 heteroatoms. The van der Waals surface area contributed by atoms with Crippen LogP contribution in [0.1, 0.15) is 36.2 Å². The van der Waals surface area contributed by atoms with E-state index in [1.807, 2.05) is 11.6 Å². The van der Waals surface area contributed by atoms with Crippen molar-refractivity contribution in [1.29, 1.82) is 0 Å². The van der Waals surface area contributed by atoms with Gasteiger partial charge in [-0.2, -0.15) is 0 Å². The van der Waals surface area contributed by atoms with E-state index < -0.39 is 0 Å². The van der Waals surface area contributed by atoms with Gasteiger partial charge in [-0.05, 0) is 49.3 Å². The molecule has 0 spiro atoms. The van der Waals surface area contributed by atoms with E-state index in [0.717, 1.165) is 49.4 Å². The van der Waals surface area contributed by atoms with Crippen LogP contribution in [0.15, 0.2) is 41.2 Å². The monoisotopic (exact) mass is 403 g/mol. The molecule has 1 aliphatic carbocycles. The minimum absolute atomic E-state index is 0.279. The van der Waals surface area contributed by atoms with Crippen LogP contribution in [0.5, 0.6) is 0 Å². The Balaban J connectivity index is 1.74. The third kappa shape index (κ3) is 3.00. The van der Waals surface area contributed by atoms with Crippen LogP contribution in [0.25, 0.3) is 33.1 Å². The summed E-state index contributed by atoms with van der Waals surface area (Å²) in [7, 11) is 0. The fourth-order valence-electron chi connectivity index (χ4n) is 4.69. The zero-order valence-corrected chi connectivity index (χ0v) is 17.8. The molecular formula is C24H25N3OS. The molecule has 0 unspecified atom stereocenters. The predicted molar refractivity (Wildman–Crippen MR) is 121 cm³/mol. The lowest BCUT2D eigenvalue weighted by Gasteiger charge is -2.19. The molecule has 2 heterocycles. The maximum Gasteiger partial charge on any atom is 0.163 e. The largest absolute Gasteiger partial charge is 0.339 e. The van der Waals surface area contributed by atoms with Crippen LogP contribution in [0, 0.1) is 0 Å². The second kappa shape index (κ2) is 7.39. The van der Waals surface area contributed by atoms with Gasteiger partial charge in [-0.25, -0.2) is 4.98 Å². The molecule has 0 saturated carbocycles. The van der Waals surface area contributed by atoms with Crippen molar-refractivity contribution in [2.75, 3.05) is 19.6 Å². The number of hydrogen-bond acceptors (Lipinski definition) is 4. The van der Waals surface area contributed by atoms with Gasteiger partial charge in [-0.15, -0.1) is 11.3 Å². The maximum atomic E-state index is 12.4. The van der Waals surface area contributed by atoms with E-state index in [2.05, 4.69) is 57.9 Å². The van der Waals surface area contributed by atoms with E-state index in [4.69, 9.17) is 0 Å². The smallest absolute Gasteiger partial charge is 0.163 e. The molecule has 4 nitrogen and oxygen atoms in total. The number of likely N-dealkylation sites (N-methyl/N-ethyl adjacent to an activating group) is 1. The number of rotatable bonds is 6. The van der Waals surface area contributed by atoms with Crippen molar-refractivity contribution in [3.63, 3.8) is 0 Å². The van der Waals surface area contributed by atoms with Crippen LogP contribution in [-0.2, 0) is 13.0 Å². The second-order valence-corrected chi connectivity index (χ2v) is 8.41. The number of carbonyl (C=O) groups excluding carboxylic acids is 1. The highest BCUT2D eigenvalue weighted by Crippen LogP contribution is 2.38. The van der Waals surface area contributed by atoms with Crippen molar-refractivity contribution < 1.29 is 4.79 Å². The van der Waals surface area contributed by atoms with Gasteiger partial charge in [0.2, 0.25) is 0 Å². The van der Waals surface area contributed by atoms with E-state index in [1.54, 1.807) is 11.3 Å². The third-order valence-corrected chi connectivity index (χ3v) is 6.89. The normalized spacial score (nSPS) is 13.8. The molecule has 2 aromatic carbocycles. The fourth-order valence-corrected chi connectivity index (χ4v) is 5.25. The average molecular weight is 404 g/mol. The van der Waals surface area contributed by atoms with Crippen molar-refractivity contribution in [2.24, 2.45) is 0 Å². The summed E-state index contributed by atoms with van der Waals surface area (Å²) in [5, 5.41) is 4.60. The molecule has 2 aromatic heterocycles. The third-order valence-electron chi connectivity index (χ3n) is 6.30. The number of aryl methyl sites for hydroxylation is 1. The van der Waals surface area contributed by atoms with Crippen molar-refractivity contribution >= 4 is 38.9 Å². The van der Waals surface area contributed by atoms with Crippen LogP contribution in [0.3, 0.4) is 0 Å². The molecule has 0 N–H and O–H groups in total. The van der Waals surface area contributed by atoms with E-state index in [9.17, 15) is 4.79 Å². The molecule has 4 aromatic rings. The van der Waals surface area contributed by atoms with E-state index in [0.29, 0.717) is 6.42 Å². The molecule has 0 bridgehead atoms. The van der Waals surface area contributed by atoms with E-state index in [-0.39, 0.29) is 5.78 Å². The summed E-state index contributed by atoms with van der Waals surface area (Å²) in [5.74, 6) is 0.279. The zero-order chi connectivity index (χ0) is 20.0. The Hall–Kier alpha value is -2.50. The molecular weight excluding hydrogens is 378 g/mol. The lowest BCUT2D eigenvalue weighted by Crippen LogP contribution is -2.26. The van der Waals surface area contributed by atoms with E-state index in [1.165, 1.54) is 27.4 Å². The minimum atomic E-state index is 0.279. The van der Waals surface area contributed by atoms with Gasteiger partial charge in [0.15, 0.2) is 5.78 Å². The number of fused-ring (bicyclic) bond motifs is 5. The Morgan fingerprint density at radius 3 is 2.69 bits per heavy atom. The highest BCUT2D eigenvalue weighted by Gasteiger charge is 2.25. The topological polar surface area (TPSA) is 38.1 Å². The first kappa shape index (κ1) is 18.5. The molecule has 1 aliphatic rings. The number of thiazole rings is 1. The Kier molecular flexibility index (Phi) is 4.72. The highest BCUT2D eigenvalue weighted by atomic mass is 32.1. The van der Waals surface area contributed by atoms with Gasteiger partial charge in [-0.1, -0.05) is 19.9 Å². The Morgan fingerprint density at radius 1 is 1.10 bits per heavy atom. The van der Waals surface area contributed by atoms with Crippen molar-refractivity contribution in [1.82, 2.24) is 14.5 Å². The van der Waals surface area contributed by atoms with Crippen LogP contribution < -0.4 is 0 Å². The molecule has 29 heavy (non-hydrogen) atoms. The van der Waals surface area contributed by atoms with Crippen molar-refractivity contribution in [3.05, 3.63) is 52.3 Å². The Bertz CT molecular complexity index is 1200. The molecule has 5 rings (SSSR count). The van der Waals surface area contributed by atoms with Gasteiger partial charge >= 0.3 is 0 Å². The predicted octanol–water partition coefficient (Wildman–Crippen LogP) is 5.39. The number of carbonyl (C=O) groups is 1. The first-order valence-corrected chi connectivity index (χ1v) is 11.4. The summed E-state index contributed by atoms with van der Waals surface area (Å²) < 4.78 is 2.44. The maximum absolute atomic E-state index is 12.4. The SMILES string of the molecule is CCN(CC)CCn1c2ccc(-c3cscn3)cc2c2c3c(ccc21)C(=O)CC3. The standard InChI is InChI=1S/C24H25N3OS/c1-3-26(4-2)11-12-27-21-8-5-16(20-14-29-15-25-20)13-19(21)24-18-7-10-23(28)17(18)6-9-22(24)27/h5-6,8-9,13-15H,3-4,7,10-12H2,1-2H3. The summed E-state index contributed by atoms with van der Waals surface area (Å²) in [4.78, 5) is 19.3. The summed E-state index contributed by atoms with van der Waals surface area (Å²) in [5.41, 5.74) is 8.68. The van der Waals surface area contributed by atoms with Gasteiger partial charge in [0.05, 0.1) is 11.2 Å². The highest BCUT2D eigenvalue weighted by molar-refractivity contribution is 7.07. The summed E-state index contributed by atoms with van der Waals surface area (Å²) in [6.45, 7) is 8.53. The number of benzene rings is 2. The summed E-state index contributed by atoms with van der Waals surface area (Å²) in [6.07, 6.45) is 1.48. The van der Waals surface area contributed by atoms with Gasteiger partial charge in [0, 0.05) is 57.8 Å². The lowest BCUT2D eigenvalue weighted by atomic mass is 10.0. The zero-order valence-electron chi connectivity index (χ0n) is 16.9. The van der Waals surface area contributed by atoms with Crippen molar-refractivity contribution in [2.45, 2.75) is 33.2 Å². The van der Waals surface area contributed by atoms with Crippen LogP contribution in [-0.4, -0.2) is 39.9 Å². The van der Waals surface area contributed by atoms with Crippen LogP contribution in [0.2, 0.25) is 0 Å². The summed E-state index contributed by atoms with van der Waals surface area (Å²) >= 11 is 1.62. The minimum Gasteiger partial charge on any atom is -0.339 e. The quantitative estimate of drug-likeness (QED) is 0.433. The van der Waals surface area contributed by atoms with Gasteiger partial charge < -0.3 is 9.47 Å². The molecule has 0 aliphatic heterocycles. The van der Waals surface area contributed by atoms with Gasteiger partial charge in [0.1, 0.15) is 0 Å². The van der Waals surface area contributed by atoms with Gasteiger partial charge in [0.25, 0.3) is 0 Å². The number of Topliss-reactive ketones (excluding diaryl/α,β-unsaturated/α-hetero) is 1. The summed E-state index contributed by atoms with van der Waals surface area (Å²) in [6, 6.07) is 10.9. The first-order chi connectivity index (χ1) is 14.2. The first-order valence-electron chi connectivity index (χ1n) is 10.4. The molecule has 0 radical (unpaired) electrons. The molecule has 148 valence electrons. The fraction of sp³-hybridized carbons (Fsp3) is 0.333. The Labute approximate surface area is 174 Å².